The Morgan fingerprint density at radius 3 is 1.21 bits per heavy atom. The fraction of sp³-hybridized carbons (Fsp3) is 0.524. The van der Waals surface area contributed by atoms with Gasteiger partial charge < -0.3 is 47.4 Å². The summed E-state index contributed by atoms with van der Waals surface area (Å²) in [5, 5.41) is 0. The van der Waals surface area contributed by atoms with Gasteiger partial charge in [0.25, 0.3) is 0 Å². The van der Waals surface area contributed by atoms with Gasteiger partial charge in [0.15, 0.2) is 12.2 Å². The lowest BCUT2D eigenvalue weighted by Crippen LogP contribution is -2.30. The Morgan fingerprint density at radius 2 is 0.845 bits per heavy atom. The van der Waals surface area contributed by atoms with E-state index < -0.39 is 48.0 Å². The van der Waals surface area contributed by atoms with E-state index in [1.54, 1.807) is 38.1 Å². The first-order valence-corrected chi connectivity index (χ1v) is 18.8. The molecule has 2 atom stereocenters. The molecule has 16 heteroatoms. The van der Waals surface area contributed by atoms with Crippen molar-refractivity contribution >= 4 is 35.8 Å². The van der Waals surface area contributed by atoms with E-state index in [1.807, 2.05) is 0 Å². The maximum absolute atomic E-state index is 12.4. The van der Waals surface area contributed by atoms with Gasteiger partial charge in [-0.3, -0.25) is 9.59 Å². The fourth-order valence-electron chi connectivity index (χ4n) is 4.14. The summed E-state index contributed by atoms with van der Waals surface area (Å²) in [6.45, 7) is 20.4. The number of hydrogen-bond acceptors (Lipinski definition) is 16. The second-order valence-electron chi connectivity index (χ2n) is 13.0. The summed E-state index contributed by atoms with van der Waals surface area (Å²) in [5.41, 5.74) is 0.966. The van der Waals surface area contributed by atoms with E-state index in [1.165, 1.54) is 13.8 Å². The van der Waals surface area contributed by atoms with E-state index in [-0.39, 0.29) is 101 Å². The first-order chi connectivity index (χ1) is 27.6. The highest BCUT2D eigenvalue weighted by Crippen LogP contribution is 2.19. The zero-order valence-electron chi connectivity index (χ0n) is 34.1. The van der Waals surface area contributed by atoms with E-state index in [4.69, 9.17) is 47.4 Å². The Labute approximate surface area is 340 Å². The Bertz CT molecular complexity index is 1440. The van der Waals surface area contributed by atoms with E-state index in [2.05, 4.69) is 26.3 Å². The normalized spacial score (nSPS) is 11.5. The van der Waals surface area contributed by atoms with Gasteiger partial charge in [-0.2, -0.15) is 0 Å². The van der Waals surface area contributed by atoms with Gasteiger partial charge in [-0.05, 0) is 65.5 Å². The molecule has 0 fully saturated rings. The van der Waals surface area contributed by atoms with Crippen LogP contribution in [-0.2, 0) is 66.7 Å². The molecule has 0 radical (unpaired) electrons. The second-order valence-corrected chi connectivity index (χ2v) is 13.0. The molecule has 0 amide bonds. The molecule has 0 aliphatic heterocycles. The average molecular weight is 819 g/mol. The van der Waals surface area contributed by atoms with Gasteiger partial charge in [0.05, 0.1) is 39.6 Å². The predicted octanol–water partition coefficient (Wildman–Crippen LogP) is 5.12. The zero-order chi connectivity index (χ0) is 43.3. The van der Waals surface area contributed by atoms with E-state index in [0.717, 1.165) is 0 Å². The molecule has 0 bridgehead atoms. The summed E-state index contributed by atoms with van der Waals surface area (Å²) >= 11 is 0. The number of carbonyl (C=O) groups excluding carboxylic acids is 6. The second kappa shape index (κ2) is 29.7. The van der Waals surface area contributed by atoms with E-state index >= 15 is 0 Å². The van der Waals surface area contributed by atoms with Crippen molar-refractivity contribution in [2.75, 3.05) is 66.1 Å². The van der Waals surface area contributed by atoms with Crippen LogP contribution in [-0.4, -0.2) is 114 Å². The molecule has 58 heavy (non-hydrogen) atoms. The fourth-order valence-corrected chi connectivity index (χ4v) is 4.14. The lowest BCUT2D eigenvalue weighted by atomic mass is 10.2. The number of carbonyl (C=O) groups is 6. The van der Waals surface area contributed by atoms with Gasteiger partial charge in [-0.15, -0.1) is 0 Å². The monoisotopic (exact) mass is 818 g/mol. The van der Waals surface area contributed by atoms with Crippen LogP contribution in [0.3, 0.4) is 0 Å². The molecular weight excluding hydrogens is 760 g/mol. The number of hydrogen-bond donors (Lipinski definition) is 0. The van der Waals surface area contributed by atoms with Gasteiger partial charge in [-0.25, -0.2) is 19.2 Å². The van der Waals surface area contributed by atoms with Crippen molar-refractivity contribution in [2.24, 2.45) is 0 Å². The Hall–Kier alpha value is -5.48. The quantitative estimate of drug-likeness (QED) is 0.0402. The molecule has 0 saturated heterocycles. The van der Waals surface area contributed by atoms with Crippen LogP contribution in [0.25, 0.3) is 0 Å². The highest BCUT2D eigenvalue weighted by Gasteiger charge is 2.20. The average Bonchev–Trinajstić information content (AvgIpc) is 3.17. The molecule has 0 heterocycles. The molecule has 322 valence electrons. The first-order valence-electron chi connectivity index (χ1n) is 18.8. The minimum atomic E-state index is -0.874. The van der Waals surface area contributed by atoms with Crippen LogP contribution in [0.1, 0.15) is 66.2 Å². The van der Waals surface area contributed by atoms with Gasteiger partial charge in [0.1, 0.15) is 37.9 Å². The van der Waals surface area contributed by atoms with Crippen LogP contribution < -0.4 is 9.47 Å². The van der Waals surface area contributed by atoms with Crippen LogP contribution in [0, 0.1) is 0 Å². The van der Waals surface area contributed by atoms with Crippen molar-refractivity contribution in [1.29, 1.82) is 0 Å². The van der Waals surface area contributed by atoms with Crippen molar-refractivity contribution in [3.8, 4) is 11.5 Å². The maximum atomic E-state index is 12.4. The van der Waals surface area contributed by atoms with Gasteiger partial charge in [-0.1, -0.05) is 32.4 Å². The zero-order valence-corrected chi connectivity index (χ0v) is 34.1. The van der Waals surface area contributed by atoms with Crippen molar-refractivity contribution in [1.82, 2.24) is 0 Å². The Morgan fingerprint density at radius 1 is 0.483 bits per heavy atom. The number of rotatable bonds is 32. The predicted molar refractivity (Wildman–Crippen MR) is 210 cm³/mol. The molecule has 16 nitrogen and oxygen atoms in total. The van der Waals surface area contributed by atoms with Crippen LogP contribution in [0.5, 0.6) is 11.5 Å². The maximum Gasteiger partial charge on any atom is 0.333 e. The van der Waals surface area contributed by atoms with Gasteiger partial charge in [0.2, 0.25) is 0 Å². The summed E-state index contributed by atoms with van der Waals surface area (Å²) in [6, 6.07) is 6.86. The number of unbranched alkanes of at least 4 members (excludes halogenated alkanes) is 2. The minimum absolute atomic E-state index is 0.0617. The third kappa shape index (κ3) is 24.9. The summed E-state index contributed by atoms with van der Waals surface area (Å²) in [4.78, 5) is 71.6. The van der Waals surface area contributed by atoms with Crippen LogP contribution in [0.4, 0.5) is 0 Å². The molecular formula is C42H58O16. The smallest absolute Gasteiger partial charge is 0.333 e. The molecule has 0 aromatic heterocycles. The van der Waals surface area contributed by atoms with Crippen LogP contribution >= 0.6 is 0 Å². The molecule has 0 spiro atoms. The van der Waals surface area contributed by atoms with Crippen molar-refractivity contribution in [2.45, 2.75) is 78.4 Å². The van der Waals surface area contributed by atoms with Crippen LogP contribution in [0.15, 0.2) is 72.9 Å². The molecule has 1 aromatic carbocycles. The Balaban J connectivity index is 2.50. The molecule has 0 aliphatic carbocycles. The topological polar surface area (TPSA) is 195 Å². The lowest BCUT2D eigenvalue weighted by Gasteiger charge is -2.19. The van der Waals surface area contributed by atoms with Crippen molar-refractivity contribution in [3.63, 3.8) is 0 Å². The largest absolute Gasteiger partial charge is 0.491 e. The lowest BCUT2D eigenvalue weighted by molar-refractivity contribution is -0.161. The SMILES string of the molecule is C=C(C)C(=O)OCCCCC(=O)OC(COCCOc1cccc(OCCOCC(COC(=O)C(=C)C)OC(=O)CCCCOC(=O)C(=C)C)c1)COC(=O)C(=C)C. The first kappa shape index (κ1) is 50.5. The Kier molecular flexibility index (Phi) is 25.9. The summed E-state index contributed by atoms with van der Waals surface area (Å²) < 4.78 is 54.1. The molecule has 0 saturated carbocycles. The molecule has 1 rings (SSSR count). The third-order valence-corrected chi connectivity index (χ3v) is 7.21. The molecule has 0 aliphatic rings. The molecule has 2 unspecified atom stereocenters. The summed E-state index contributed by atoms with van der Waals surface area (Å²) in [7, 11) is 0. The highest BCUT2D eigenvalue weighted by atomic mass is 16.6. The highest BCUT2D eigenvalue weighted by molar-refractivity contribution is 5.88. The third-order valence-electron chi connectivity index (χ3n) is 7.21. The van der Waals surface area contributed by atoms with Gasteiger partial charge in [0, 0.05) is 41.2 Å². The number of esters is 6. The van der Waals surface area contributed by atoms with E-state index in [0.29, 0.717) is 37.2 Å². The molecule has 1 aromatic rings. The van der Waals surface area contributed by atoms with Gasteiger partial charge >= 0.3 is 35.8 Å². The standard InChI is InChI=1S/C42H58O16/c1-29(2)39(45)53-18-11-9-16-37(43)57-35(27-55-41(47)31(5)6)25-49-20-22-51-33-14-13-15-34(24-33)52-23-21-50-26-36(28-56-42(48)32(7)8)58-38(44)17-10-12-19-54-40(46)30(3)4/h13-15,24,35-36H,1,3,5,7,9-12,16-23,25-28H2,2,4,6,8H3. The van der Waals surface area contributed by atoms with E-state index in [9.17, 15) is 28.8 Å². The molecule has 0 N–H and O–H groups in total. The summed E-state index contributed by atoms with van der Waals surface area (Å²) in [6.07, 6.45) is 0.112. The number of benzene rings is 1. The van der Waals surface area contributed by atoms with Crippen LogP contribution in [0.2, 0.25) is 0 Å². The van der Waals surface area contributed by atoms with Crippen molar-refractivity contribution in [3.05, 3.63) is 72.9 Å². The number of ether oxygens (including phenoxy) is 10. The summed E-state index contributed by atoms with van der Waals surface area (Å²) in [5.74, 6) is -2.32. The van der Waals surface area contributed by atoms with Crippen molar-refractivity contribution < 1.29 is 76.1 Å². The minimum Gasteiger partial charge on any atom is -0.491 e.